The summed E-state index contributed by atoms with van der Waals surface area (Å²) in [5.74, 6) is -2.55. The zero-order valence-electron chi connectivity index (χ0n) is 9.42. The predicted octanol–water partition coefficient (Wildman–Crippen LogP) is -0.127. The second kappa shape index (κ2) is 4.83. The van der Waals surface area contributed by atoms with Crippen molar-refractivity contribution < 1.29 is 24.2 Å². The minimum atomic E-state index is -1.01. The molecule has 0 bridgehead atoms. The first-order valence-electron chi connectivity index (χ1n) is 5.74. The Morgan fingerprint density at radius 1 is 1.24 bits per heavy atom. The molecule has 0 radical (unpaired) electrons. The van der Waals surface area contributed by atoms with Gasteiger partial charge in [-0.2, -0.15) is 0 Å². The maximum atomic E-state index is 12.0. The summed E-state index contributed by atoms with van der Waals surface area (Å²) in [6, 6.07) is 0. The van der Waals surface area contributed by atoms with Crippen molar-refractivity contribution in [3.05, 3.63) is 0 Å². The molecule has 0 aromatic rings. The maximum absolute atomic E-state index is 12.0. The number of hydrogen-bond acceptors (Lipinski definition) is 4. The van der Waals surface area contributed by atoms with E-state index in [4.69, 9.17) is 9.84 Å². The van der Waals surface area contributed by atoms with E-state index in [1.165, 1.54) is 0 Å². The van der Waals surface area contributed by atoms with Crippen LogP contribution in [0.5, 0.6) is 0 Å². The van der Waals surface area contributed by atoms with Gasteiger partial charge in [-0.15, -0.1) is 0 Å². The SMILES string of the molecule is O=C(O)C1CC(=O)N(C(=O)C2CCOCC2)C1. The first kappa shape index (κ1) is 12.0. The number of rotatable bonds is 2. The molecule has 2 fully saturated rings. The molecule has 2 rings (SSSR count). The van der Waals surface area contributed by atoms with Gasteiger partial charge in [-0.3, -0.25) is 19.3 Å². The summed E-state index contributed by atoms with van der Waals surface area (Å²) in [5, 5.41) is 8.83. The van der Waals surface area contributed by atoms with Crippen LogP contribution in [0, 0.1) is 11.8 Å². The third-order valence-corrected chi connectivity index (χ3v) is 3.31. The van der Waals surface area contributed by atoms with Crippen LogP contribution >= 0.6 is 0 Å². The summed E-state index contributed by atoms with van der Waals surface area (Å²) in [4.78, 5) is 35.5. The van der Waals surface area contributed by atoms with Crippen LogP contribution < -0.4 is 0 Å². The van der Waals surface area contributed by atoms with E-state index in [1.807, 2.05) is 0 Å². The molecule has 0 aliphatic carbocycles. The lowest BCUT2D eigenvalue weighted by Crippen LogP contribution is -2.39. The van der Waals surface area contributed by atoms with Crippen LogP contribution in [-0.4, -0.2) is 47.5 Å². The Hall–Kier alpha value is -1.43. The Bertz CT molecular complexity index is 348. The first-order valence-corrected chi connectivity index (χ1v) is 5.74. The molecule has 94 valence electrons. The summed E-state index contributed by atoms with van der Waals surface area (Å²) in [7, 11) is 0. The minimum absolute atomic E-state index is 0.0182. The molecule has 0 saturated carbocycles. The number of hydrogen-bond donors (Lipinski definition) is 1. The van der Waals surface area contributed by atoms with Gasteiger partial charge in [0.15, 0.2) is 0 Å². The number of imide groups is 1. The number of carboxylic acid groups (broad SMARTS) is 1. The Kier molecular flexibility index (Phi) is 3.42. The Labute approximate surface area is 98.5 Å². The number of carbonyl (C=O) groups excluding carboxylic acids is 2. The molecule has 1 atom stereocenters. The number of carbonyl (C=O) groups is 3. The molecule has 2 amide bonds. The summed E-state index contributed by atoms with van der Waals surface area (Å²) in [5.41, 5.74) is 0. The van der Waals surface area contributed by atoms with Crippen molar-refractivity contribution in [2.24, 2.45) is 11.8 Å². The molecule has 17 heavy (non-hydrogen) atoms. The first-order chi connectivity index (χ1) is 8.09. The van der Waals surface area contributed by atoms with E-state index in [-0.39, 0.29) is 30.7 Å². The molecule has 2 aliphatic heterocycles. The van der Waals surface area contributed by atoms with E-state index in [0.717, 1.165) is 4.90 Å². The molecule has 0 aromatic carbocycles. The van der Waals surface area contributed by atoms with Crippen LogP contribution in [0.15, 0.2) is 0 Å². The number of ether oxygens (including phenoxy) is 1. The Balaban J connectivity index is 1.99. The normalized spacial score (nSPS) is 26.2. The van der Waals surface area contributed by atoms with Crippen molar-refractivity contribution in [1.82, 2.24) is 4.90 Å². The molecule has 1 unspecified atom stereocenters. The third kappa shape index (κ3) is 2.46. The molecular formula is C11H15NO5. The summed E-state index contributed by atoms with van der Waals surface area (Å²) < 4.78 is 5.15. The van der Waals surface area contributed by atoms with E-state index in [0.29, 0.717) is 26.1 Å². The monoisotopic (exact) mass is 241 g/mol. The molecule has 0 spiro atoms. The highest BCUT2D eigenvalue weighted by Gasteiger charge is 2.40. The third-order valence-electron chi connectivity index (χ3n) is 3.31. The van der Waals surface area contributed by atoms with E-state index in [9.17, 15) is 14.4 Å². The highest BCUT2D eigenvalue weighted by atomic mass is 16.5. The molecule has 6 nitrogen and oxygen atoms in total. The van der Waals surface area contributed by atoms with Crippen molar-refractivity contribution in [2.45, 2.75) is 19.3 Å². The van der Waals surface area contributed by atoms with Crippen molar-refractivity contribution in [2.75, 3.05) is 19.8 Å². The Morgan fingerprint density at radius 2 is 1.88 bits per heavy atom. The number of aliphatic carboxylic acids is 1. The number of amides is 2. The smallest absolute Gasteiger partial charge is 0.308 e. The standard InChI is InChI=1S/C11H15NO5/c13-9-5-8(11(15)16)6-12(9)10(14)7-1-3-17-4-2-7/h7-8H,1-6H2,(H,15,16). The van der Waals surface area contributed by atoms with E-state index in [2.05, 4.69) is 0 Å². The van der Waals surface area contributed by atoms with Crippen LogP contribution in [0.25, 0.3) is 0 Å². The second-order valence-electron chi connectivity index (χ2n) is 4.47. The summed E-state index contributed by atoms with van der Waals surface area (Å²) in [6.07, 6.45) is 1.16. The van der Waals surface area contributed by atoms with E-state index < -0.39 is 11.9 Å². The van der Waals surface area contributed by atoms with Gasteiger partial charge in [-0.25, -0.2) is 0 Å². The lowest BCUT2D eigenvalue weighted by atomic mass is 9.99. The minimum Gasteiger partial charge on any atom is -0.481 e. The number of carboxylic acids is 1. The zero-order chi connectivity index (χ0) is 12.4. The zero-order valence-corrected chi connectivity index (χ0v) is 9.42. The van der Waals surface area contributed by atoms with Crippen molar-refractivity contribution >= 4 is 17.8 Å². The summed E-state index contributed by atoms with van der Waals surface area (Å²) >= 11 is 0. The van der Waals surface area contributed by atoms with Gasteiger partial charge >= 0.3 is 5.97 Å². The number of likely N-dealkylation sites (tertiary alicyclic amines) is 1. The van der Waals surface area contributed by atoms with Crippen LogP contribution in [-0.2, 0) is 19.1 Å². The molecule has 6 heteroatoms. The van der Waals surface area contributed by atoms with Crippen LogP contribution in [0.2, 0.25) is 0 Å². The van der Waals surface area contributed by atoms with Gasteiger partial charge in [0.2, 0.25) is 11.8 Å². The largest absolute Gasteiger partial charge is 0.481 e. The average Bonchev–Trinajstić information content (AvgIpc) is 2.72. The molecule has 1 N–H and O–H groups in total. The van der Waals surface area contributed by atoms with Gasteiger partial charge in [-0.05, 0) is 12.8 Å². The molecule has 0 aromatic heterocycles. The van der Waals surface area contributed by atoms with Crippen LogP contribution in [0.1, 0.15) is 19.3 Å². The predicted molar refractivity (Wildman–Crippen MR) is 56.0 cm³/mol. The van der Waals surface area contributed by atoms with Gasteiger partial charge in [0.05, 0.1) is 5.92 Å². The molecule has 2 heterocycles. The van der Waals surface area contributed by atoms with E-state index >= 15 is 0 Å². The second-order valence-corrected chi connectivity index (χ2v) is 4.47. The molecule has 2 saturated heterocycles. The van der Waals surface area contributed by atoms with Crippen molar-refractivity contribution in [1.29, 1.82) is 0 Å². The van der Waals surface area contributed by atoms with Gasteiger partial charge in [0.1, 0.15) is 0 Å². The van der Waals surface area contributed by atoms with Crippen LogP contribution in [0.3, 0.4) is 0 Å². The summed E-state index contributed by atoms with van der Waals surface area (Å²) in [6.45, 7) is 1.08. The lowest BCUT2D eigenvalue weighted by Gasteiger charge is -2.25. The van der Waals surface area contributed by atoms with Crippen LogP contribution in [0.4, 0.5) is 0 Å². The molecular weight excluding hydrogens is 226 g/mol. The maximum Gasteiger partial charge on any atom is 0.308 e. The Morgan fingerprint density at radius 3 is 2.41 bits per heavy atom. The quantitative estimate of drug-likeness (QED) is 0.681. The van der Waals surface area contributed by atoms with Crippen molar-refractivity contribution in [3.63, 3.8) is 0 Å². The highest BCUT2D eigenvalue weighted by Crippen LogP contribution is 2.24. The average molecular weight is 241 g/mol. The lowest BCUT2D eigenvalue weighted by molar-refractivity contribution is -0.146. The van der Waals surface area contributed by atoms with E-state index in [1.54, 1.807) is 0 Å². The van der Waals surface area contributed by atoms with Gasteiger partial charge in [0.25, 0.3) is 0 Å². The van der Waals surface area contributed by atoms with Gasteiger partial charge in [-0.1, -0.05) is 0 Å². The van der Waals surface area contributed by atoms with Gasteiger partial charge in [0, 0.05) is 32.1 Å². The fraction of sp³-hybridized carbons (Fsp3) is 0.727. The van der Waals surface area contributed by atoms with Gasteiger partial charge < -0.3 is 9.84 Å². The topological polar surface area (TPSA) is 83.9 Å². The molecule has 2 aliphatic rings. The highest BCUT2D eigenvalue weighted by molar-refractivity contribution is 6.00. The number of nitrogens with zero attached hydrogens (tertiary/aromatic N) is 1. The van der Waals surface area contributed by atoms with Crippen molar-refractivity contribution in [3.8, 4) is 0 Å². The fourth-order valence-corrected chi connectivity index (χ4v) is 2.25. The fourth-order valence-electron chi connectivity index (χ4n) is 2.25.